The van der Waals surface area contributed by atoms with Crippen LogP contribution in [0.1, 0.15) is 5.69 Å². The Kier molecular flexibility index (Phi) is 1.30. The predicted octanol–water partition coefficient (Wildman–Crippen LogP) is 0.578. The molecule has 5 nitrogen and oxygen atoms in total. The van der Waals surface area contributed by atoms with E-state index in [-0.39, 0.29) is 0 Å². The summed E-state index contributed by atoms with van der Waals surface area (Å²) in [6, 6.07) is 0. The Hall–Kier alpha value is -1.91. The van der Waals surface area contributed by atoms with Gasteiger partial charge in [0.05, 0.1) is 11.1 Å². The third-order valence-electron chi connectivity index (χ3n) is 1.61. The minimum Gasteiger partial charge on any atom is -0.383 e. The number of nitrogen functional groups attached to an aromatic ring is 1. The standard InChI is InChI=1S/C7H7N5/c1-2-4-5-6(8)9-3-10-7(5)12-11-4/h2-3H,1H2,(H3,8,9,10,11,12). The van der Waals surface area contributed by atoms with Crippen LogP contribution in [0.2, 0.25) is 0 Å². The van der Waals surface area contributed by atoms with Crippen molar-refractivity contribution in [3.05, 3.63) is 18.6 Å². The molecule has 2 heterocycles. The van der Waals surface area contributed by atoms with E-state index in [0.29, 0.717) is 11.5 Å². The van der Waals surface area contributed by atoms with Gasteiger partial charge in [0, 0.05) is 0 Å². The van der Waals surface area contributed by atoms with Crippen molar-refractivity contribution in [2.75, 3.05) is 5.73 Å². The molecule has 2 rings (SSSR count). The topological polar surface area (TPSA) is 80.5 Å². The first-order valence-electron chi connectivity index (χ1n) is 3.40. The molecule has 60 valence electrons. The van der Waals surface area contributed by atoms with Crippen LogP contribution in [0.15, 0.2) is 12.9 Å². The van der Waals surface area contributed by atoms with Crippen molar-refractivity contribution in [2.45, 2.75) is 0 Å². The third kappa shape index (κ3) is 0.763. The summed E-state index contributed by atoms with van der Waals surface area (Å²) in [5, 5.41) is 7.41. The van der Waals surface area contributed by atoms with Crippen LogP contribution in [0, 0.1) is 0 Å². The van der Waals surface area contributed by atoms with Crippen LogP contribution < -0.4 is 5.73 Å². The van der Waals surface area contributed by atoms with Crippen molar-refractivity contribution >= 4 is 22.9 Å². The van der Waals surface area contributed by atoms with Crippen molar-refractivity contribution in [2.24, 2.45) is 0 Å². The highest BCUT2D eigenvalue weighted by Crippen LogP contribution is 2.18. The molecule has 0 spiro atoms. The van der Waals surface area contributed by atoms with Gasteiger partial charge in [0.25, 0.3) is 0 Å². The average molecular weight is 161 g/mol. The first-order chi connectivity index (χ1) is 5.83. The summed E-state index contributed by atoms with van der Waals surface area (Å²) in [6.45, 7) is 3.61. The lowest BCUT2D eigenvalue weighted by molar-refractivity contribution is 1.08. The maximum Gasteiger partial charge on any atom is 0.186 e. The zero-order valence-electron chi connectivity index (χ0n) is 6.28. The molecule has 0 saturated heterocycles. The minimum absolute atomic E-state index is 0.420. The zero-order chi connectivity index (χ0) is 8.55. The average Bonchev–Trinajstić information content (AvgIpc) is 2.49. The van der Waals surface area contributed by atoms with Crippen LogP contribution in [-0.2, 0) is 0 Å². The number of rotatable bonds is 1. The van der Waals surface area contributed by atoms with E-state index < -0.39 is 0 Å². The van der Waals surface area contributed by atoms with E-state index in [4.69, 9.17) is 5.73 Å². The molecule has 0 unspecified atom stereocenters. The maximum atomic E-state index is 5.62. The molecule has 0 aromatic carbocycles. The Morgan fingerprint density at radius 2 is 2.33 bits per heavy atom. The number of hydrogen-bond acceptors (Lipinski definition) is 4. The van der Waals surface area contributed by atoms with Gasteiger partial charge in [-0.15, -0.1) is 0 Å². The molecule has 2 aromatic heterocycles. The fraction of sp³-hybridized carbons (Fsp3) is 0. The summed E-state index contributed by atoms with van der Waals surface area (Å²) in [4.78, 5) is 7.78. The highest BCUT2D eigenvalue weighted by Gasteiger charge is 2.06. The van der Waals surface area contributed by atoms with Gasteiger partial charge < -0.3 is 5.73 Å². The van der Waals surface area contributed by atoms with Gasteiger partial charge in [-0.05, 0) is 6.08 Å². The molecule has 0 saturated carbocycles. The summed E-state index contributed by atoms with van der Waals surface area (Å²) in [7, 11) is 0. The highest BCUT2D eigenvalue weighted by atomic mass is 15.2. The van der Waals surface area contributed by atoms with E-state index >= 15 is 0 Å². The number of nitrogens with two attached hydrogens (primary N) is 1. The first kappa shape index (κ1) is 6.78. The molecule has 0 bridgehead atoms. The molecule has 12 heavy (non-hydrogen) atoms. The monoisotopic (exact) mass is 161 g/mol. The van der Waals surface area contributed by atoms with E-state index in [9.17, 15) is 0 Å². The van der Waals surface area contributed by atoms with E-state index in [1.165, 1.54) is 6.33 Å². The van der Waals surface area contributed by atoms with E-state index in [2.05, 4.69) is 26.7 Å². The second-order valence-corrected chi connectivity index (χ2v) is 2.30. The van der Waals surface area contributed by atoms with Crippen LogP contribution in [0.25, 0.3) is 17.1 Å². The highest BCUT2D eigenvalue weighted by molar-refractivity contribution is 5.91. The van der Waals surface area contributed by atoms with Crippen LogP contribution in [0.3, 0.4) is 0 Å². The maximum absolute atomic E-state index is 5.62. The number of hydrogen-bond donors (Lipinski definition) is 2. The third-order valence-corrected chi connectivity index (χ3v) is 1.61. The van der Waals surface area contributed by atoms with Crippen LogP contribution >= 0.6 is 0 Å². The van der Waals surface area contributed by atoms with Gasteiger partial charge in [-0.2, -0.15) is 5.10 Å². The largest absolute Gasteiger partial charge is 0.383 e. The lowest BCUT2D eigenvalue weighted by Gasteiger charge is -1.92. The molecule has 3 N–H and O–H groups in total. The first-order valence-corrected chi connectivity index (χ1v) is 3.40. The zero-order valence-corrected chi connectivity index (χ0v) is 6.28. The normalized spacial score (nSPS) is 10.3. The summed E-state index contributed by atoms with van der Waals surface area (Å²) in [6.07, 6.45) is 3.01. The van der Waals surface area contributed by atoms with Crippen molar-refractivity contribution in [1.29, 1.82) is 0 Å². The second-order valence-electron chi connectivity index (χ2n) is 2.30. The Bertz CT molecular complexity index is 430. The van der Waals surface area contributed by atoms with Gasteiger partial charge in [-0.25, -0.2) is 9.97 Å². The molecule has 0 aliphatic carbocycles. The smallest absolute Gasteiger partial charge is 0.186 e. The number of nitrogens with zero attached hydrogens (tertiary/aromatic N) is 3. The number of anilines is 1. The number of aromatic amines is 1. The molecule has 0 amide bonds. The second kappa shape index (κ2) is 2.30. The van der Waals surface area contributed by atoms with Crippen LogP contribution in [0.4, 0.5) is 5.82 Å². The Labute approximate surface area is 68.3 Å². The van der Waals surface area contributed by atoms with Gasteiger partial charge in [0.1, 0.15) is 12.1 Å². The summed E-state index contributed by atoms with van der Waals surface area (Å²) in [5.41, 5.74) is 6.94. The SMILES string of the molecule is C=Cc1[nH]nc2ncnc(N)c12. The minimum atomic E-state index is 0.420. The van der Waals surface area contributed by atoms with Gasteiger partial charge in [-0.3, -0.25) is 5.10 Å². The predicted molar refractivity (Wildman–Crippen MR) is 46.2 cm³/mol. The summed E-state index contributed by atoms with van der Waals surface area (Å²) < 4.78 is 0. The summed E-state index contributed by atoms with van der Waals surface area (Å²) in [5.74, 6) is 0.420. The molecule has 0 fully saturated rings. The number of H-pyrrole nitrogens is 1. The molecule has 2 aromatic rings. The van der Waals surface area contributed by atoms with Crippen molar-refractivity contribution in [3.63, 3.8) is 0 Å². The van der Waals surface area contributed by atoms with Crippen LogP contribution in [0.5, 0.6) is 0 Å². The van der Waals surface area contributed by atoms with E-state index in [1.807, 2.05) is 0 Å². The van der Waals surface area contributed by atoms with Crippen molar-refractivity contribution in [3.8, 4) is 0 Å². The number of nitrogens with one attached hydrogen (secondary N) is 1. The lowest BCUT2D eigenvalue weighted by atomic mass is 10.3. The lowest BCUT2D eigenvalue weighted by Crippen LogP contribution is -1.92. The quantitative estimate of drug-likeness (QED) is 0.641. The van der Waals surface area contributed by atoms with Gasteiger partial charge in [0.2, 0.25) is 0 Å². The molecule has 0 aliphatic rings. The van der Waals surface area contributed by atoms with Crippen LogP contribution in [-0.4, -0.2) is 20.2 Å². The molecule has 0 radical (unpaired) electrons. The summed E-state index contributed by atoms with van der Waals surface area (Å²) >= 11 is 0. The molecular weight excluding hydrogens is 154 g/mol. The molecule has 0 aliphatic heterocycles. The Morgan fingerprint density at radius 3 is 3.08 bits per heavy atom. The van der Waals surface area contributed by atoms with E-state index in [0.717, 1.165) is 11.1 Å². The molecule has 0 atom stereocenters. The molecule has 5 heteroatoms. The van der Waals surface area contributed by atoms with Gasteiger partial charge >= 0.3 is 0 Å². The van der Waals surface area contributed by atoms with Gasteiger partial charge in [-0.1, -0.05) is 6.58 Å². The fourth-order valence-corrected chi connectivity index (χ4v) is 1.05. The van der Waals surface area contributed by atoms with Crippen molar-refractivity contribution in [1.82, 2.24) is 20.2 Å². The van der Waals surface area contributed by atoms with Crippen molar-refractivity contribution < 1.29 is 0 Å². The molecular formula is C7H7N5. The van der Waals surface area contributed by atoms with E-state index in [1.54, 1.807) is 6.08 Å². The number of aromatic nitrogens is 4. The Balaban J connectivity index is 2.91. The Morgan fingerprint density at radius 1 is 1.50 bits per heavy atom. The van der Waals surface area contributed by atoms with Gasteiger partial charge in [0.15, 0.2) is 5.65 Å². The number of fused-ring (bicyclic) bond motifs is 1. The fourth-order valence-electron chi connectivity index (χ4n) is 1.05.